The Balaban J connectivity index is 1.97. The molecule has 1 aromatic heterocycles. The van der Waals surface area contributed by atoms with E-state index in [-0.39, 0.29) is 5.91 Å². The highest BCUT2D eigenvalue weighted by Crippen LogP contribution is 2.18. The first kappa shape index (κ1) is 13.2. The fourth-order valence-corrected chi connectivity index (χ4v) is 1.89. The maximum absolute atomic E-state index is 12.0. The highest BCUT2D eigenvalue weighted by Gasteiger charge is 2.14. The van der Waals surface area contributed by atoms with Gasteiger partial charge in [0, 0.05) is 13.6 Å². The van der Waals surface area contributed by atoms with Crippen molar-refractivity contribution >= 4 is 5.91 Å². The van der Waals surface area contributed by atoms with Crippen LogP contribution in [0.1, 0.15) is 16.1 Å². The number of rotatable bonds is 5. The summed E-state index contributed by atoms with van der Waals surface area (Å²) in [4.78, 5) is 13.6. The maximum Gasteiger partial charge on any atom is 0.289 e. The number of para-hydroxylation sites is 1. The zero-order valence-corrected chi connectivity index (χ0v) is 11.1. The van der Waals surface area contributed by atoms with Crippen molar-refractivity contribution in [1.82, 2.24) is 4.90 Å². The van der Waals surface area contributed by atoms with Crippen molar-refractivity contribution in [2.45, 2.75) is 6.42 Å². The molecule has 4 heteroatoms. The van der Waals surface area contributed by atoms with Gasteiger partial charge in [-0.15, -0.1) is 0 Å². The number of nitrogens with zero attached hydrogens (tertiary/aromatic N) is 1. The largest absolute Gasteiger partial charge is 0.496 e. The average Bonchev–Trinajstić information content (AvgIpc) is 2.98. The fraction of sp³-hybridized carbons (Fsp3) is 0.267. The van der Waals surface area contributed by atoms with E-state index >= 15 is 0 Å². The fourth-order valence-electron chi connectivity index (χ4n) is 1.89. The molecule has 0 N–H and O–H groups in total. The van der Waals surface area contributed by atoms with Gasteiger partial charge in [-0.1, -0.05) is 18.2 Å². The van der Waals surface area contributed by atoms with Gasteiger partial charge in [-0.2, -0.15) is 0 Å². The Kier molecular flexibility index (Phi) is 4.23. The van der Waals surface area contributed by atoms with Crippen LogP contribution in [0.5, 0.6) is 5.75 Å². The number of ether oxygens (including phenoxy) is 1. The Labute approximate surface area is 112 Å². The molecule has 0 saturated carbocycles. The normalized spacial score (nSPS) is 10.2. The van der Waals surface area contributed by atoms with Gasteiger partial charge in [-0.05, 0) is 30.2 Å². The number of likely N-dealkylation sites (N-methyl/N-ethyl adjacent to an activating group) is 1. The Morgan fingerprint density at radius 1 is 1.26 bits per heavy atom. The van der Waals surface area contributed by atoms with E-state index in [1.54, 1.807) is 31.2 Å². The van der Waals surface area contributed by atoms with Crippen molar-refractivity contribution in [3.8, 4) is 5.75 Å². The molecule has 0 aliphatic rings. The van der Waals surface area contributed by atoms with Crippen LogP contribution in [0.2, 0.25) is 0 Å². The topological polar surface area (TPSA) is 42.7 Å². The van der Waals surface area contributed by atoms with Crippen LogP contribution in [-0.4, -0.2) is 31.5 Å². The number of benzene rings is 1. The lowest BCUT2D eigenvalue weighted by Crippen LogP contribution is -2.28. The van der Waals surface area contributed by atoms with Crippen molar-refractivity contribution in [1.29, 1.82) is 0 Å². The zero-order chi connectivity index (χ0) is 13.7. The van der Waals surface area contributed by atoms with E-state index < -0.39 is 0 Å². The van der Waals surface area contributed by atoms with Gasteiger partial charge in [-0.3, -0.25) is 4.79 Å². The third-order valence-corrected chi connectivity index (χ3v) is 2.99. The molecule has 0 aliphatic heterocycles. The first-order valence-corrected chi connectivity index (χ1v) is 6.13. The van der Waals surface area contributed by atoms with Gasteiger partial charge in [-0.25, -0.2) is 0 Å². The van der Waals surface area contributed by atoms with Gasteiger partial charge in [0.25, 0.3) is 5.91 Å². The minimum atomic E-state index is -0.111. The van der Waals surface area contributed by atoms with Crippen LogP contribution in [0.4, 0.5) is 0 Å². The lowest BCUT2D eigenvalue weighted by molar-refractivity contribution is 0.0765. The van der Waals surface area contributed by atoms with Crippen LogP contribution in [0.3, 0.4) is 0 Å². The Bertz CT molecular complexity index is 534. The van der Waals surface area contributed by atoms with Gasteiger partial charge in [0.2, 0.25) is 0 Å². The van der Waals surface area contributed by atoms with Crippen LogP contribution in [-0.2, 0) is 6.42 Å². The molecule has 100 valence electrons. The van der Waals surface area contributed by atoms with Crippen molar-refractivity contribution < 1.29 is 13.9 Å². The summed E-state index contributed by atoms with van der Waals surface area (Å²) in [5.41, 5.74) is 1.09. The van der Waals surface area contributed by atoms with Crippen molar-refractivity contribution in [3.05, 3.63) is 54.0 Å². The summed E-state index contributed by atoms with van der Waals surface area (Å²) in [6.07, 6.45) is 2.24. The summed E-state index contributed by atoms with van der Waals surface area (Å²) < 4.78 is 10.4. The van der Waals surface area contributed by atoms with E-state index in [0.717, 1.165) is 17.7 Å². The minimum Gasteiger partial charge on any atom is -0.496 e. The van der Waals surface area contributed by atoms with E-state index in [1.807, 2.05) is 24.3 Å². The number of carbonyl (C=O) groups is 1. The van der Waals surface area contributed by atoms with Crippen LogP contribution in [0, 0.1) is 0 Å². The molecule has 1 amide bonds. The summed E-state index contributed by atoms with van der Waals surface area (Å²) in [5, 5.41) is 0. The maximum atomic E-state index is 12.0. The number of hydrogen-bond acceptors (Lipinski definition) is 3. The molecule has 0 unspecified atom stereocenters. The highest BCUT2D eigenvalue weighted by molar-refractivity contribution is 5.91. The molecule has 0 spiro atoms. The van der Waals surface area contributed by atoms with Crippen LogP contribution < -0.4 is 4.74 Å². The molecule has 1 heterocycles. The van der Waals surface area contributed by atoms with Crippen LogP contribution >= 0.6 is 0 Å². The van der Waals surface area contributed by atoms with Gasteiger partial charge >= 0.3 is 0 Å². The van der Waals surface area contributed by atoms with Gasteiger partial charge in [0.05, 0.1) is 13.4 Å². The Morgan fingerprint density at radius 3 is 2.74 bits per heavy atom. The van der Waals surface area contributed by atoms with Gasteiger partial charge in [0.1, 0.15) is 5.75 Å². The number of furan rings is 1. The molecule has 19 heavy (non-hydrogen) atoms. The summed E-state index contributed by atoms with van der Waals surface area (Å²) in [5.74, 6) is 1.10. The highest BCUT2D eigenvalue weighted by atomic mass is 16.5. The molecule has 2 aromatic rings. The van der Waals surface area contributed by atoms with Crippen molar-refractivity contribution in [3.63, 3.8) is 0 Å². The van der Waals surface area contributed by atoms with E-state index in [2.05, 4.69) is 0 Å². The Hall–Kier alpha value is -2.23. The quantitative estimate of drug-likeness (QED) is 0.829. The minimum absolute atomic E-state index is 0.111. The van der Waals surface area contributed by atoms with Gasteiger partial charge in [0.15, 0.2) is 5.76 Å². The summed E-state index contributed by atoms with van der Waals surface area (Å²) >= 11 is 0. The molecule has 2 rings (SSSR count). The van der Waals surface area contributed by atoms with E-state index in [1.165, 1.54) is 6.26 Å². The molecule has 0 fully saturated rings. The number of carbonyl (C=O) groups excluding carboxylic acids is 1. The molecule has 0 bridgehead atoms. The van der Waals surface area contributed by atoms with Gasteiger partial charge < -0.3 is 14.1 Å². The molecule has 1 aromatic carbocycles. The predicted octanol–water partition coefficient (Wildman–Crippen LogP) is 2.60. The standard InChI is InChI=1S/C15H17NO3/c1-16(15(17)14-8-5-11-19-14)10-9-12-6-3-4-7-13(12)18-2/h3-8,11H,9-10H2,1-2H3. The summed E-state index contributed by atoms with van der Waals surface area (Å²) in [6, 6.07) is 11.2. The first-order valence-electron chi connectivity index (χ1n) is 6.13. The molecule has 0 atom stereocenters. The first-order chi connectivity index (χ1) is 9.22. The molecule has 0 saturated heterocycles. The second kappa shape index (κ2) is 6.09. The van der Waals surface area contributed by atoms with E-state index in [4.69, 9.17) is 9.15 Å². The zero-order valence-electron chi connectivity index (χ0n) is 11.1. The predicted molar refractivity (Wildman–Crippen MR) is 72.4 cm³/mol. The van der Waals surface area contributed by atoms with Crippen molar-refractivity contribution in [2.75, 3.05) is 20.7 Å². The Morgan fingerprint density at radius 2 is 2.05 bits per heavy atom. The van der Waals surface area contributed by atoms with E-state index in [9.17, 15) is 4.79 Å². The molecular weight excluding hydrogens is 242 g/mol. The van der Waals surface area contributed by atoms with Crippen LogP contribution in [0.25, 0.3) is 0 Å². The third-order valence-electron chi connectivity index (χ3n) is 2.99. The molecule has 4 nitrogen and oxygen atoms in total. The smallest absolute Gasteiger partial charge is 0.289 e. The molecular formula is C15H17NO3. The monoisotopic (exact) mass is 259 g/mol. The second-order valence-corrected chi connectivity index (χ2v) is 4.27. The van der Waals surface area contributed by atoms with E-state index in [0.29, 0.717) is 12.3 Å². The lowest BCUT2D eigenvalue weighted by atomic mass is 10.1. The third kappa shape index (κ3) is 3.16. The van der Waals surface area contributed by atoms with Crippen molar-refractivity contribution in [2.24, 2.45) is 0 Å². The number of methoxy groups -OCH3 is 1. The summed E-state index contributed by atoms with van der Waals surface area (Å²) in [6.45, 7) is 0.611. The SMILES string of the molecule is COc1ccccc1CCN(C)C(=O)c1ccco1. The summed E-state index contributed by atoms with van der Waals surface area (Å²) in [7, 11) is 3.41. The second-order valence-electron chi connectivity index (χ2n) is 4.27. The van der Waals surface area contributed by atoms with Crippen LogP contribution in [0.15, 0.2) is 47.1 Å². The number of hydrogen-bond donors (Lipinski definition) is 0. The molecule has 0 radical (unpaired) electrons. The molecule has 0 aliphatic carbocycles. The average molecular weight is 259 g/mol. The number of amides is 1. The lowest BCUT2D eigenvalue weighted by Gasteiger charge is -2.16.